The van der Waals surface area contributed by atoms with Gasteiger partial charge in [-0.1, -0.05) is 41.5 Å². The topological polar surface area (TPSA) is 109 Å². The van der Waals surface area contributed by atoms with Crippen LogP contribution in [0.3, 0.4) is 0 Å². The second-order valence-corrected chi connectivity index (χ2v) is 4.93. The van der Waals surface area contributed by atoms with Gasteiger partial charge in [0, 0.05) is 5.56 Å². The average Bonchev–Trinajstić information content (AvgIpc) is 2.61. The summed E-state index contributed by atoms with van der Waals surface area (Å²) in [5.41, 5.74) is 12.9. The molecule has 0 aromatic carbocycles. The molecule has 0 aliphatic heterocycles. The quantitative estimate of drug-likeness (QED) is 0.845. The van der Waals surface area contributed by atoms with Crippen molar-refractivity contribution in [2.24, 2.45) is 0 Å². The predicted octanol–water partition coefficient (Wildman–Crippen LogP) is 4.32. The Morgan fingerprint density at radius 2 is 1.60 bits per heavy atom. The fourth-order valence-electron chi connectivity index (χ4n) is 1.88. The van der Waals surface area contributed by atoms with Gasteiger partial charge in [-0.3, -0.25) is 0 Å². The lowest BCUT2D eigenvalue weighted by molar-refractivity contribution is 0.387. The van der Waals surface area contributed by atoms with Crippen molar-refractivity contribution in [2.45, 2.75) is 54.4 Å². The summed E-state index contributed by atoms with van der Waals surface area (Å²) in [6, 6.07) is 1.86. The van der Waals surface area contributed by atoms with Crippen LogP contribution in [0.4, 0.5) is 11.8 Å². The van der Waals surface area contributed by atoms with Gasteiger partial charge in [-0.25, -0.2) is 9.97 Å². The third-order valence-electron chi connectivity index (χ3n) is 2.92. The number of aromatic nitrogens is 3. The van der Waals surface area contributed by atoms with Gasteiger partial charge in [0.2, 0.25) is 11.8 Å². The van der Waals surface area contributed by atoms with Crippen LogP contribution in [-0.4, -0.2) is 22.1 Å². The van der Waals surface area contributed by atoms with Gasteiger partial charge in [-0.05, 0) is 18.9 Å². The van der Waals surface area contributed by atoms with Crippen molar-refractivity contribution in [3.05, 3.63) is 23.5 Å². The minimum absolute atomic E-state index is 0.105. The summed E-state index contributed by atoms with van der Waals surface area (Å²) in [4.78, 5) is 12.2. The van der Waals surface area contributed by atoms with Crippen LogP contribution in [0, 0.1) is 6.92 Å². The van der Waals surface area contributed by atoms with Crippen molar-refractivity contribution < 1.29 is 9.47 Å². The van der Waals surface area contributed by atoms with Gasteiger partial charge >= 0.3 is 0 Å². The van der Waals surface area contributed by atoms with E-state index < -0.39 is 0 Å². The van der Waals surface area contributed by atoms with Crippen LogP contribution in [0.5, 0.6) is 17.4 Å². The molecule has 7 nitrogen and oxygen atoms in total. The largest absolute Gasteiger partial charge is 0.481 e. The first-order valence-electron chi connectivity index (χ1n) is 8.53. The van der Waals surface area contributed by atoms with Crippen LogP contribution in [0.15, 0.2) is 12.3 Å². The van der Waals surface area contributed by atoms with E-state index in [1.807, 2.05) is 54.5 Å². The Hall–Kier alpha value is -2.57. The molecule has 0 aliphatic rings. The molecule has 0 unspecified atom stereocenters. The molecule has 0 atom stereocenters. The number of anilines is 2. The van der Waals surface area contributed by atoms with Crippen LogP contribution < -0.4 is 20.9 Å². The summed E-state index contributed by atoms with van der Waals surface area (Å²) >= 11 is 0. The summed E-state index contributed by atoms with van der Waals surface area (Å²) < 4.78 is 11.1. The Morgan fingerprint density at radius 3 is 2.08 bits per heavy atom. The van der Waals surface area contributed by atoms with Gasteiger partial charge in [-0.2, -0.15) is 4.98 Å². The minimum atomic E-state index is 0.105. The summed E-state index contributed by atoms with van der Waals surface area (Å²) in [5, 5.41) is 0. The maximum Gasteiger partial charge on any atom is 0.222 e. The summed E-state index contributed by atoms with van der Waals surface area (Å²) in [5.74, 6) is 1.97. The lowest BCUT2D eigenvalue weighted by Crippen LogP contribution is -2.05. The molecule has 2 rings (SSSR count). The van der Waals surface area contributed by atoms with Gasteiger partial charge in [0.15, 0.2) is 11.6 Å². The van der Waals surface area contributed by atoms with Crippen molar-refractivity contribution >= 4 is 11.8 Å². The zero-order chi connectivity index (χ0) is 19.6. The van der Waals surface area contributed by atoms with E-state index in [4.69, 9.17) is 20.9 Å². The van der Waals surface area contributed by atoms with E-state index in [9.17, 15) is 0 Å². The van der Waals surface area contributed by atoms with Gasteiger partial charge in [0.05, 0.1) is 19.0 Å². The molecule has 2 heterocycles. The first-order chi connectivity index (χ1) is 11.9. The van der Waals surface area contributed by atoms with Crippen LogP contribution in [0.1, 0.15) is 58.7 Å². The number of methoxy groups -OCH3 is 1. The maximum absolute atomic E-state index is 5.81. The Balaban J connectivity index is 0.00000134. The average molecular weight is 349 g/mol. The first-order valence-corrected chi connectivity index (χ1v) is 8.53. The molecule has 0 saturated heterocycles. The van der Waals surface area contributed by atoms with Crippen molar-refractivity contribution in [3.8, 4) is 17.4 Å². The maximum atomic E-state index is 5.81. The molecular formula is C18H31N5O2. The molecule has 0 spiro atoms. The molecule has 0 fully saturated rings. The van der Waals surface area contributed by atoms with Crippen LogP contribution >= 0.6 is 0 Å². The normalized spacial score (nSPS) is 9.48. The van der Waals surface area contributed by atoms with Crippen LogP contribution in [-0.2, 0) is 0 Å². The van der Waals surface area contributed by atoms with E-state index in [1.54, 1.807) is 7.11 Å². The number of pyridine rings is 1. The number of nitrogens with zero attached hydrogens (tertiary/aromatic N) is 3. The standard InChI is InChI=1S/C14H19N5O2.2C2H6/c1-7(2)11-9(5-8(3)13(18-11)20-4)21-10-6-17-14(16)19-12(10)15;2*1-2/h5-7H,1-4H3,(H4,15,16,17,19);2*1-2H3. The summed E-state index contributed by atoms with van der Waals surface area (Å²) in [6.07, 6.45) is 1.45. The third-order valence-corrected chi connectivity index (χ3v) is 2.92. The zero-order valence-electron chi connectivity index (χ0n) is 16.5. The molecule has 2 aromatic heterocycles. The number of nitrogens with two attached hydrogens (primary N) is 2. The highest BCUT2D eigenvalue weighted by molar-refractivity contribution is 5.50. The molecule has 25 heavy (non-hydrogen) atoms. The molecule has 7 heteroatoms. The van der Waals surface area contributed by atoms with E-state index >= 15 is 0 Å². The van der Waals surface area contributed by atoms with Gasteiger partial charge in [0.25, 0.3) is 0 Å². The lowest BCUT2D eigenvalue weighted by atomic mass is 10.1. The number of hydrogen-bond donors (Lipinski definition) is 2. The Labute approximate surface area is 150 Å². The third kappa shape index (κ3) is 6.10. The Kier molecular flexibility index (Phi) is 9.93. The van der Waals surface area contributed by atoms with Gasteiger partial charge in [-0.15, -0.1) is 0 Å². The highest BCUT2D eigenvalue weighted by Gasteiger charge is 2.16. The predicted molar refractivity (Wildman–Crippen MR) is 103 cm³/mol. The summed E-state index contributed by atoms with van der Waals surface area (Å²) in [6.45, 7) is 13.9. The Morgan fingerprint density at radius 1 is 1.00 bits per heavy atom. The molecule has 0 saturated carbocycles. The smallest absolute Gasteiger partial charge is 0.222 e. The fourth-order valence-corrected chi connectivity index (χ4v) is 1.88. The first kappa shape index (κ1) is 22.4. The molecule has 140 valence electrons. The molecule has 0 aliphatic carbocycles. The second kappa shape index (κ2) is 11.1. The highest BCUT2D eigenvalue weighted by Crippen LogP contribution is 2.34. The number of rotatable bonds is 4. The van der Waals surface area contributed by atoms with E-state index in [0.29, 0.717) is 17.4 Å². The SMILES string of the molecule is CC.CC.COc1nc(C(C)C)c(Oc2cnc(N)nc2N)cc1C. The molecule has 0 amide bonds. The monoisotopic (exact) mass is 349 g/mol. The van der Waals surface area contributed by atoms with E-state index in [-0.39, 0.29) is 17.7 Å². The molecule has 0 radical (unpaired) electrons. The summed E-state index contributed by atoms with van der Waals surface area (Å²) in [7, 11) is 1.59. The van der Waals surface area contributed by atoms with Gasteiger partial charge in [0.1, 0.15) is 5.75 Å². The zero-order valence-corrected chi connectivity index (χ0v) is 16.5. The molecule has 4 N–H and O–H groups in total. The minimum Gasteiger partial charge on any atom is -0.481 e. The highest BCUT2D eigenvalue weighted by atomic mass is 16.5. The number of aryl methyl sites for hydroxylation is 1. The fraction of sp³-hybridized carbons (Fsp3) is 0.500. The van der Waals surface area contributed by atoms with Gasteiger partial charge < -0.3 is 20.9 Å². The number of hydrogen-bond acceptors (Lipinski definition) is 7. The molecule has 0 bridgehead atoms. The van der Waals surface area contributed by atoms with Crippen molar-refractivity contribution in [2.75, 3.05) is 18.6 Å². The molecular weight excluding hydrogens is 318 g/mol. The number of ether oxygens (including phenoxy) is 2. The van der Waals surface area contributed by atoms with Crippen molar-refractivity contribution in [3.63, 3.8) is 0 Å². The molecule has 2 aromatic rings. The van der Waals surface area contributed by atoms with Crippen LogP contribution in [0.2, 0.25) is 0 Å². The second-order valence-electron chi connectivity index (χ2n) is 4.93. The Bertz CT molecular complexity index is 660. The van der Waals surface area contributed by atoms with E-state index in [1.165, 1.54) is 6.20 Å². The van der Waals surface area contributed by atoms with Crippen molar-refractivity contribution in [1.82, 2.24) is 15.0 Å². The van der Waals surface area contributed by atoms with Crippen molar-refractivity contribution in [1.29, 1.82) is 0 Å². The van der Waals surface area contributed by atoms with Crippen LogP contribution in [0.25, 0.3) is 0 Å². The lowest BCUT2D eigenvalue weighted by Gasteiger charge is -2.16. The number of nitrogen functional groups attached to an aromatic ring is 2. The van der Waals surface area contributed by atoms with E-state index in [2.05, 4.69) is 15.0 Å². The van der Waals surface area contributed by atoms with E-state index in [0.717, 1.165) is 11.3 Å².